The van der Waals surface area contributed by atoms with Gasteiger partial charge in [0.05, 0.1) is 12.5 Å². The van der Waals surface area contributed by atoms with Crippen LogP contribution in [0.25, 0.3) is 0 Å². The summed E-state index contributed by atoms with van der Waals surface area (Å²) < 4.78 is 10.7. The average Bonchev–Trinajstić information content (AvgIpc) is 3.23. The molecule has 1 aliphatic heterocycles. The van der Waals surface area contributed by atoms with Gasteiger partial charge in [-0.15, -0.1) is 0 Å². The molecule has 2 aromatic rings. The standard InChI is InChI=1S/C15H14N2O5/c18-14(5-6-15(19)20)17-11(13-4-2-8-22-13)9-10(16-17)12-3-1-7-21-12/h1-4,7-8,11H,5-6,9H2,(H,19,20)/p-1/t11-/m1/s1. The predicted molar refractivity (Wildman–Crippen MR) is 72.4 cm³/mol. The smallest absolute Gasteiger partial charge is 0.243 e. The van der Waals surface area contributed by atoms with E-state index in [0.717, 1.165) is 0 Å². The molecular formula is C15H13N2O5-. The van der Waals surface area contributed by atoms with E-state index in [1.807, 2.05) is 0 Å². The Labute approximate surface area is 125 Å². The summed E-state index contributed by atoms with van der Waals surface area (Å²) in [5.74, 6) is -0.497. The first-order valence-electron chi connectivity index (χ1n) is 6.82. The number of carbonyl (C=O) groups excluding carboxylic acids is 2. The molecule has 0 aliphatic carbocycles. The fraction of sp³-hybridized carbons (Fsp3) is 0.267. The molecule has 7 nitrogen and oxygen atoms in total. The van der Waals surface area contributed by atoms with Crippen molar-refractivity contribution in [1.82, 2.24) is 5.01 Å². The van der Waals surface area contributed by atoms with Gasteiger partial charge < -0.3 is 18.7 Å². The largest absolute Gasteiger partial charge is 0.550 e. The van der Waals surface area contributed by atoms with Crippen LogP contribution in [0.1, 0.15) is 36.8 Å². The number of carbonyl (C=O) groups is 2. The Bertz CT molecular complexity index is 688. The number of hydrogen-bond donors (Lipinski definition) is 0. The molecule has 0 fully saturated rings. The molecule has 114 valence electrons. The van der Waals surface area contributed by atoms with Crippen LogP contribution >= 0.6 is 0 Å². The maximum absolute atomic E-state index is 12.2. The van der Waals surface area contributed by atoms with E-state index < -0.39 is 17.9 Å². The van der Waals surface area contributed by atoms with Gasteiger partial charge in [-0.1, -0.05) is 0 Å². The molecule has 1 aliphatic rings. The first kappa shape index (κ1) is 14.1. The van der Waals surface area contributed by atoms with E-state index in [0.29, 0.717) is 23.7 Å². The third kappa shape index (κ3) is 2.78. The fourth-order valence-electron chi connectivity index (χ4n) is 2.36. The summed E-state index contributed by atoms with van der Waals surface area (Å²) >= 11 is 0. The Kier molecular flexibility index (Phi) is 3.78. The lowest BCUT2D eigenvalue weighted by molar-refractivity contribution is -0.305. The molecule has 0 bridgehead atoms. The van der Waals surface area contributed by atoms with E-state index >= 15 is 0 Å². The lowest BCUT2D eigenvalue weighted by Crippen LogP contribution is -2.29. The second kappa shape index (κ2) is 5.88. The Morgan fingerprint density at radius 3 is 2.64 bits per heavy atom. The third-order valence-corrected chi connectivity index (χ3v) is 3.39. The van der Waals surface area contributed by atoms with Crippen molar-refractivity contribution < 1.29 is 23.5 Å². The summed E-state index contributed by atoms with van der Waals surface area (Å²) in [5, 5.41) is 16.1. The molecule has 0 unspecified atom stereocenters. The SMILES string of the molecule is O=C([O-])CCC(=O)N1N=C(c2ccco2)C[C@@H]1c1ccco1. The number of carboxylic acid groups (broad SMARTS) is 1. The first-order chi connectivity index (χ1) is 10.6. The average molecular weight is 301 g/mol. The third-order valence-electron chi connectivity index (χ3n) is 3.39. The lowest BCUT2D eigenvalue weighted by atomic mass is 10.1. The zero-order chi connectivity index (χ0) is 15.5. The van der Waals surface area contributed by atoms with Crippen molar-refractivity contribution in [3.8, 4) is 0 Å². The van der Waals surface area contributed by atoms with Crippen LogP contribution in [0.2, 0.25) is 0 Å². The minimum Gasteiger partial charge on any atom is -0.550 e. The van der Waals surface area contributed by atoms with Crippen LogP contribution in [0.4, 0.5) is 0 Å². The highest BCUT2D eigenvalue weighted by Crippen LogP contribution is 2.33. The quantitative estimate of drug-likeness (QED) is 0.822. The predicted octanol–water partition coefficient (Wildman–Crippen LogP) is 1.08. The number of furan rings is 2. The number of nitrogens with zero attached hydrogens (tertiary/aromatic N) is 2. The second-order valence-electron chi connectivity index (χ2n) is 4.87. The Morgan fingerprint density at radius 1 is 1.23 bits per heavy atom. The number of amides is 1. The van der Waals surface area contributed by atoms with Gasteiger partial charge in [0.2, 0.25) is 5.91 Å². The molecule has 22 heavy (non-hydrogen) atoms. The summed E-state index contributed by atoms with van der Waals surface area (Å²) in [6, 6.07) is 6.58. The lowest BCUT2D eigenvalue weighted by Gasteiger charge is -2.19. The molecule has 0 aromatic carbocycles. The van der Waals surface area contributed by atoms with Gasteiger partial charge in [0.1, 0.15) is 23.3 Å². The molecule has 7 heteroatoms. The minimum atomic E-state index is -1.27. The normalized spacial score (nSPS) is 17.5. The molecule has 3 rings (SSSR count). The summed E-state index contributed by atoms with van der Waals surface area (Å²) in [5.41, 5.74) is 0.619. The van der Waals surface area contributed by atoms with Gasteiger partial charge in [0, 0.05) is 18.8 Å². The number of hydrazone groups is 1. The number of carboxylic acids is 1. The Hall–Kier alpha value is -2.83. The van der Waals surface area contributed by atoms with Crippen LogP contribution < -0.4 is 5.11 Å². The second-order valence-corrected chi connectivity index (χ2v) is 4.87. The molecule has 0 N–H and O–H groups in total. The van der Waals surface area contributed by atoms with Gasteiger partial charge in [-0.25, -0.2) is 5.01 Å². The van der Waals surface area contributed by atoms with Crippen molar-refractivity contribution in [2.45, 2.75) is 25.3 Å². The zero-order valence-electron chi connectivity index (χ0n) is 11.6. The minimum absolute atomic E-state index is 0.172. The molecule has 0 saturated heterocycles. The van der Waals surface area contributed by atoms with Crippen LogP contribution in [0.15, 0.2) is 50.7 Å². The van der Waals surface area contributed by atoms with Crippen molar-refractivity contribution >= 4 is 17.6 Å². The van der Waals surface area contributed by atoms with E-state index in [9.17, 15) is 14.7 Å². The molecule has 1 atom stereocenters. The zero-order valence-corrected chi connectivity index (χ0v) is 11.6. The monoisotopic (exact) mass is 301 g/mol. The number of hydrogen-bond acceptors (Lipinski definition) is 6. The van der Waals surface area contributed by atoms with E-state index in [-0.39, 0.29) is 12.8 Å². The van der Waals surface area contributed by atoms with Gasteiger partial charge in [0.15, 0.2) is 0 Å². The van der Waals surface area contributed by atoms with E-state index in [1.165, 1.54) is 17.5 Å². The van der Waals surface area contributed by atoms with Crippen molar-refractivity contribution in [2.75, 3.05) is 0 Å². The Morgan fingerprint density at radius 2 is 2.00 bits per heavy atom. The highest BCUT2D eigenvalue weighted by atomic mass is 16.4. The van der Waals surface area contributed by atoms with E-state index in [2.05, 4.69) is 5.10 Å². The first-order valence-corrected chi connectivity index (χ1v) is 6.82. The fourth-order valence-corrected chi connectivity index (χ4v) is 2.36. The van der Waals surface area contributed by atoms with Crippen LogP contribution in [0, 0.1) is 0 Å². The molecular weight excluding hydrogens is 288 g/mol. The highest BCUT2D eigenvalue weighted by molar-refractivity contribution is 6.01. The number of aliphatic carboxylic acids is 1. The van der Waals surface area contributed by atoms with Crippen molar-refractivity contribution in [3.63, 3.8) is 0 Å². The molecule has 3 heterocycles. The summed E-state index contributed by atoms with van der Waals surface area (Å²) in [6.45, 7) is 0. The molecule has 1 amide bonds. The maximum atomic E-state index is 12.2. The topological polar surface area (TPSA) is 99.1 Å². The van der Waals surface area contributed by atoms with E-state index in [4.69, 9.17) is 8.83 Å². The van der Waals surface area contributed by atoms with Gasteiger partial charge in [-0.2, -0.15) is 5.10 Å². The summed E-state index contributed by atoms with van der Waals surface area (Å²) in [6.07, 6.45) is 2.97. The number of rotatable bonds is 5. The van der Waals surface area contributed by atoms with Crippen LogP contribution in [-0.4, -0.2) is 22.6 Å². The van der Waals surface area contributed by atoms with Gasteiger partial charge in [-0.3, -0.25) is 4.79 Å². The van der Waals surface area contributed by atoms with Crippen molar-refractivity contribution in [2.24, 2.45) is 5.10 Å². The molecule has 0 saturated carbocycles. The van der Waals surface area contributed by atoms with Crippen LogP contribution in [-0.2, 0) is 9.59 Å². The van der Waals surface area contributed by atoms with Crippen molar-refractivity contribution in [3.05, 3.63) is 48.3 Å². The molecule has 0 radical (unpaired) electrons. The van der Waals surface area contributed by atoms with Crippen molar-refractivity contribution in [1.29, 1.82) is 0 Å². The van der Waals surface area contributed by atoms with Gasteiger partial charge in [-0.05, 0) is 30.7 Å². The Balaban J connectivity index is 1.84. The van der Waals surface area contributed by atoms with E-state index in [1.54, 1.807) is 24.3 Å². The van der Waals surface area contributed by atoms with Crippen LogP contribution in [0.3, 0.4) is 0 Å². The molecule has 2 aromatic heterocycles. The van der Waals surface area contributed by atoms with Gasteiger partial charge >= 0.3 is 0 Å². The van der Waals surface area contributed by atoms with Gasteiger partial charge in [0.25, 0.3) is 0 Å². The highest BCUT2D eigenvalue weighted by Gasteiger charge is 2.35. The summed E-state index contributed by atoms with van der Waals surface area (Å²) in [7, 11) is 0. The molecule has 0 spiro atoms. The maximum Gasteiger partial charge on any atom is 0.243 e. The van der Waals surface area contributed by atoms with Crippen LogP contribution in [0.5, 0.6) is 0 Å². The summed E-state index contributed by atoms with van der Waals surface area (Å²) in [4.78, 5) is 22.8.